The van der Waals surface area contributed by atoms with Crippen molar-refractivity contribution in [2.45, 2.75) is 17.3 Å². The Hall–Kier alpha value is 0.350. The molecule has 0 aliphatic heterocycles. The Bertz CT molecular complexity index is 268. The molecule has 0 saturated heterocycles. The van der Waals surface area contributed by atoms with Crippen LogP contribution in [0.15, 0.2) is 9.19 Å². The predicted octanol–water partition coefficient (Wildman–Crippen LogP) is 3.25. The predicted molar refractivity (Wildman–Crippen MR) is 51.2 cm³/mol. The summed E-state index contributed by atoms with van der Waals surface area (Å²) in [5.41, 5.74) is 0.338. The molecule has 0 unspecified atom stereocenters. The van der Waals surface area contributed by atoms with E-state index in [-0.39, 0.29) is 8.09 Å². The summed E-state index contributed by atoms with van der Waals surface area (Å²) < 4.78 is 17.4. The third-order valence-electron chi connectivity index (χ3n) is 1.16. The molecule has 0 aromatic carbocycles. The molecule has 1 aromatic heterocycles. The first-order valence-corrected chi connectivity index (χ1v) is 4.80. The Balaban J connectivity index is 3.15. The zero-order chi connectivity index (χ0) is 8.65. The zero-order valence-corrected chi connectivity index (χ0v) is 9.73. The molecule has 0 radical (unpaired) electrons. The van der Waals surface area contributed by atoms with E-state index in [1.54, 1.807) is 0 Å². The van der Waals surface area contributed by atoms with Crippen LogP contribution >= 0.6 is 38.5 Å². The fourth-order valence-corrected chi connectivity index (χ4v) is 1.22. The molecule has 1 heterocycles. The van der Waals surface area contributed by atoms with Crippen LogP contribution in [-0.4, -0.2) is 5.16 Å². The molecule has 0 amide bonds. The van der Waals surface area contributed by atoms with Crippen molar-refractivity contribution in [3.05, 3.63) is 16.2 Å². The van der Waals surface area contributed by atoms with E-state index in [2.05, 4.69) is 48.2 Å². The number of hydrogen-bond donors (Lipinski definition) is 0. The third-order valence-corrected chi connectivity index (χ3v) is 2.16. The van der Waals surface area contributed by atoms with Crippen LogP contribution < -0.4 is 0 Å². The Morgan fingerprint density at radius 1 is 1.64 bits per heavy atom. The van der Waals surface area contributed by atoms with Crippen molar-refractivity contribution in [1.82, 2.24) is 5.16 Å². The van der Waals surface area contributed by atoms with Crippen molar-refractivity contribution in [2.75, 3.05) is 0 Å². The summed E-state index contributed by atoms with van der Waals surface area (Å²) in [6.45, 7) is 3.72. The van der Waals surface area contributed by atoms with Gasteiger partial charge in [-0.2, -0.15) is 4.39 Å². The minimum atomic E-state index is -0.413. The van der Waals surface area contributed by atoms with E-state index in [9.17, 15) is 4.39 Å². The second-order valence-electron chi connectivity index (χ2n) is 2.59. The molecular weight excluding hydrogens is 328 g/mol. The van der Waals surface area contributed by atoms with Crippen LogP contribution in [0, 0.1) is 5.82 Å². The maximum absolute atomic E-state index is 13.0. The molecular formula is C6H6BrFINO. The second-order valence-corrected chi connectivity index (χ2v) is 6.01. The number of halogens is 3. The van der Waals surface area contributed by atoms with Gasteiger partial charge in [0.05, 0.1) is 3.42 Å². The molecule has 2 nitrogen and oxygen atoms in total. The van der Waals surface area contributed by atoms with Gasteiger partial charge in [-0.25, -0.2) is 0 Å². The highest BCUT2D eigenvalue weighted by Crippen LogP contribution is 2.33. The number of alkyl halides is 1. The molecule has 0 N–H and O–H groups in total. The van der Waals surface area contributed by atoms with E-state index in [4.69, 9.17) is 0 Å². The van der Waals surface area contributed by atoms with Gasteiger partial charge in [0.15, 0.2) is 0 Å². The van der Waals surface area contributed by atoms with Gasteiger partial charge in [0.2, 0.25) is 10.5 Å². The largest absolute Gasteiger partial charge is 0.346 e. The molecule has 0 aliphatic carbocycles. The quantitative estimate of drug-likeness (QED) is 0.582. The van der Waals surface area contributed by atoms with Gasteiger partial charge < -0.3 is 4.52 Å². The summed E-state index contributed by atoms with van der Waals surface area (Å²) in [5.74, 6) is -0.413. The standard InChI is InChI=1S/C6H6BrFINO/c1-6(2,9)4-3(8)5(7)11-10-4/h1-2H3. The lowest BCUT2D eigenvalue weighted by atomic mass is 10.1. The van der Waals surface area contributed by atoms with Crippen LogP contribution in [-0.2, 0) is 3.42 Å². The van der Waals surface area contributed by atoms with Gasteiger partial charge in [-0.05, 0) is 29.8 Å². The average molecular weight is 334 g/mol. The lowest BCUT2D eigenvalue weighted by Crippen LogP contribution is -2.08. The van der Waals surface area contributed by atoms with E-state index in [1.807, 2.05) is 13.8 Å². The zero-order valence-electron chi connectivity index (χ0n) is 5.99. The van der Waals surface area contributed by atoms with Crippen LogP contribution in [0.3, 0.4) is 0 Å². The lowest BCUT2D eigenvalue weighted by molar-refractivity contribution is 0.385. The molecule has 0 bridgehead atoms. The van der Waals surface area contributed by atoms with Crippen molar-refractivity contribution < 1.29 is 8.91 Å². The molecule has 0 aliphatic rings. The van der Waals surface area contributed by atoms with Gasteiger partial charge in [-0.15, -0.1) is 0 Å². The highest BCUT2D eigenvalue weighted by molar-refractivity contribution is 14.1. The van der Waals surface area contributed by atoms with Crippen LogP contribution in [0.5, 0.6) is 0 Å². The molecule has 62 valence electrons. The first-order chi connectivity index (χ1) is 4.93. The SMILES string of the molecule is CC(C)(I)c1noc(Br)c1F. The third kappa shape index (κ3) is 1.93. The van der Waals surface area contributed by atoms with Gasteiger partial charge >= 0.3 is 0 Å². The summed E-state index contributed by atoms with van der Waals surface area (Å²) in [6, 6.07) is 0. The van der Waals surface area contributed by atoms with Crippen molar-refractivity contribution >= 4 is 38.5 Å². The highest BCUT2D eigenvalue weighted by atomic mass is 127. The molecule has 0 fully saturated rings. The fourth-order valence-electron chi connectivity index (χ4n) is 0.628. The number of nitrogens with zero attached hydrogens (tertiary/aromatic N) is 1. The minimum absolute atomic E-state index is 0.0669. The van der Waals surface area contributed by atoms with Crippen molar-refractivity contribution in [1.29, 1.82) is 0 Å². The van der Waals surface area contributed by atoms with Crippen molar-refractivity contribution in [2.24, 2.45) is 0 Å². The van der Waals surface area contributed by atoms with Gasteiger partial charge in [0.1, 0.15) is 5.69 Å². The number of rotatable bonds is 1. The van der Waals surface area contributed by atoms with E-state index in [0.717, 1.165) is 0 Å². The maximum Gasteiger partial charge on any atom is 0.237 e. The Kier molecular flexibility index (Phi) is 2.58. The minimum Gasteiger partial charge on any atom is -0.346 e. The summed E-state index contributed by atoms with van der Waals surface area (Å²) in [5, 5.41) is 3.58. The highest BCUT2D eigenvalue weighted by Gasteiger charge is 2.27. The van der Waals surface area contributed by atoms with E-state index in [1.165, 1.54) is 0 Å². The van der Waals surface area contributed by atoms with Crippen LogP contribution in [0.25, 0.3) is 0 Å². The molecule has 1 rings (SSSR count). The Labute approximate surface area is 85.8 Å². The van der Waals surface area contributed by atoms with E-state index >= 15 is 0 Å². The van der Waals surface area contributed by atoms with Gasteiger partial charge in [-0.3, -0.25) is 0 Å². The van der Waals surface area contributed by atoms with Crippen LogP contribution in [0.2, 0.25) is 0 Å². The summed E-state index contributed by atoms with van der Waals surface area (Å²) in [6.07, 6.45) is 0. The fraction of sp³-hybridized carbons (Fsp3) is 0.500. The van der Waals surface area contributed by atoms with Gasteiger partial charge in [0.25, 0.3) is 0 Å². The van der Waals surface area contributed by atoms with Gasteiger partial charge in [0, 0.05) is 0 Å². The molecule has 5 heteroatoms. The summed E-state index contributed by atoms with van der Waals surface area (Å²) >= 11 is 5.00. The summed E-state index contributed by atoms with van der Waals surface area (Å²) in [7, 11) is 0. The smallest absolute Gasteiger partial charge is 0.237 e. The molecule has 0 spiro atoms. The Morgan fingerprint density at radius 3 is 2.36 bits per heavy atom. The van der Waals surface area contributed by atoms with Crippen LogP contribution in [0.4, 0.5) is 4.39 Å². The molecule has 1 aromatic rings. The topological polar surface area (TPSA) is 26.0 Å². The van der Waals surface area contributed by atoms with Crippen LogP contribution in [0.1, 0.15) is 19.5 Å². The number of aromatic nitrogens is 1. The maximum atomic E-state index is 13.0. The monoisotopic (exact) mass is 333 g/mol. The van der Waals surface area contributed by atoms with E-state index < -0.39 is 5.82 Å². The van der Waals surface area contributed by atoms with E-state index in [0.29, 0.717) is 5.69 Å². The summed E-state index contributed by atoms with van der Waals surface area (Å²) in [4.78, 5) is 0. The average Bonchev–Trinajstić information content (AvgIpc) is 2.11. The Morgan fingerprint density at radius 2 is 2.18 bits per heavy atom. The normalized spacial score (nSPS) is 12.1. The number of hydrogen-bond acceptors (Lipinski definition) is 2. The van der Waals surface area contributed by atoms with Crippen molar-refractivity contribution in [3.8, 4) is 0 Å². The first kappa shape index (κ1) is 9.44. The molecule has 0 saturated carbocycles. The second kappa shape index (κ2) is 3.01. The lowest BCUT2D eigenvalue weighted by Gasteiger charge is -2.10. The van der Waals surface area contributed by atoms with Gasteiger partial charge in [-0.1, -0.05) is 27.7 Å². The molecule has 0 atom stereocenters. The van der Waals surface area contributed by atoms with Crippen molar-refractivity contribution in [3.63, 3.8) is 0 Å². The first-order valence-electron chi connectivity index (χ1n) is 2.93. The molecule has 11 heavy (non-hydrogen) atoms.